The molecule has 5 heteroatoms. The molecule has 1 aromatic heterocycles. The smallest absolute Gasteiger partial charge is 0.185 e. The van der Waals surface area contributed by atoms with E-state index in [0.29, 0.717) is 6.04 Å². The van der Waals surface area contributed by atoms with Gasteiger partial charge in [-0.05, 0) is 23.3 Å². The van der Waals surface area contributed by atoms with Crippen LogP contribution >= 0.6 is 23.1 Å². The van der Waals surface area contributed by atoms with Crippen molar-refractivity contribution in [1.29, 1.82) is 0 Å². The predicted molar refractivity (Wildman–Crippen MR) is 93.5 cm³/mol. The van der Waals surface area contributed by atoms with Gasteiger partial charge < -0.3 is 10.2 Å². The number of thiazole rings is 1. The molecule has 1 unspecified atom stereocenters. The van der Waals surface area contributed by atoms with Crippen LogP contribution in [0.3, 0.4) is 0 Å². The summed E-state index contributed by atoms with van der Waals surface area (Å²) in [5, 5.41) is 6.91. The molecule has 3 nitrogen and oxygen atoms in total. The zero-order valence-corrected chi connectivity index (χ0v) is 14.1. The number of nitrogens with zero attached hydrogens (tertiary/aromatic N) is 2. The molecular weight excluding hydrogens is 298 g/mol. The molecule has 1 atom stereocenters. The summed E-state index contributed by atoms with van der Waals surface area (Å²) in [7, 11) is 4.07. The van der Waals surface area contributed by atoms with Crippen LogP contribution in [0.5, 0.6) is 0 Å². The fourth-order valence-electron chi connectivity index (χ4n) is 2.55. The van der Waals surface area contributed by atoms with E-state index >= 15 is 0 Å². The Kier molecular flexibility index (Phi) is 4.83. The van der Waals surface area contributed by atoms with Crippen molar-refractivity contribution < 1.29 is 0 Å². The third-order valence-corrected chi connectivity index (χ3v) is 5.80. The molecule has 0 saturated heterocycles. The van der Waals surface area contributed by atoms with Gasteiger partial charge in [0.15, 0.2) is 5.13 Å². The molecule has 1 N–H and O–H groups in total. The zero-order valence-electron chi connectivity index (χ0n) is 12.5. The standard InChI is InChI=1S/C16H21N3S2/c1-19(2)16-18-13(10-21-16)9-17-15-11-20-8-7-12-5-3-4-6-14(12)15/h3-6,10,15,17H,7-9,11H2,1-2H3. The first kappa shape index (κ1) is 14.9. The molecule has 1 aliphatic rings. The van der Waals surface area contributed by atoms with Gasteiger partial charge in [-0.15, -0.1) is 11.3 Å². The largest absolute Gasteiger partial charge is 0.354 e. The van der Waals surface area contributed by atoms with Gasteiger partial charge >= 0.3 is 0 Å². The average Bonchev–Trinajstić information content (AvgIpc) is 2.87. The van der Waals surface area contributed by atoms with E-state index in [1.807, 2.05) is 25.9 Å². The number of hydrogen-bond donors (Lipinski definition) is 1. The molecule has 3 rings (SSSR count). The monoisotopic (exact) mass is 319 g/mol. The number of nitrogens with one attached hydrogen (secondary N) is 1. The van der Waals surface area contributed by atoms with Crippen LogP contribution in [0.15, 0.2) is 29.6 Å². The van der Waals surface area contributed by atoms with Crippen molar-refractivity contribution in [3.05, 3.63) is 46.5 Å². The molecule has 0 radical (unpaired) electrons. The van der Waals surface area contributed by atoms with Gasteiger partial charge in [0.05, 0.1) is 5.69 Å². The molecule has 0 saturated carbocycles. The van der Waals surface area contributed by atoms with Crippen LogP contribution < -0.4 is 10.2 Å². The SMILES string of the molecule is CN(C)c1nc(CNC2CSCCc3ccccc32)cs1. The van der Waals surface area contributed by atoms with Crippen LogP contribution in [0.2, 0.25) is 0 Å². The highest BCUT2D eigenvalue weighted by Gasteiger charge is 2.18. The van der Waals surface area contributed by atoms with E-state index < -0.39 is 0 Å². The Hall–Kier alpha value is -1.04. The lowest BCUT2D eigenvalue weighted by atomic mass is 10.00. The van der Waals surface area contributed by atoms with Gasteiger partial charge in [0, 0.05) is 37.8 Å². The van der Waals surface area contributed by atoms with Crippen LogP contribution in [0.4, 0.5) is 5.13 Å². The summed E-state index contributed by atoms with van der Waals surface area (Å²) in [5.41, 5.74) is 4.09. The van der Waals surface area contributed by atoms with Gasteiger partial charge in [0.25, 0.3) is 0 Å². The molecule has 0 aliphatic carbocycles. The molecule has 0 bridgehead atoms. The van der Waals surface area contributed by atoms with Gasteiger partial charge in [0.1, 0.15) is 0 Å². The topological polar surface area (TPSA) is 28.2 Å². The second-order valence-electron chi connectivity index (χ2n) is 5.47. The molecule has 0 amide bonds. The van der Waals surface area contributed by atoms with Crippen molar-refractivity contribution in [3.63, 3.8) is 0 Å². The Labute approximate surface area is 134 Å². The average molecular weight is 319 g/mol. The minimum Gasteiger partial charge on any atom is -0.354 e. The Balaban J connectivity index is 1.69. The Bertz CT molecular complexity index is 595. The third kappa shape index (κ3) is 3.59. The molecular formula is C16H21N3S2. The molecule has 21 heavy (non-hydrogen) atoms. The van der Waals surface area contributed by atoms with Crippen LogP contribution in [0.1, 0.15) is 22.9 Å². The molecule has 2 aromatic rings. The number of aryl methyl sites for hydroxylation is 1. The maximum Gasteiger partial charge on any atom is 0.185 e. The summed E-state index contributed by atoms with van der Waals surface area (Å²) < 4.78 is 0. The lowest BCUT2D eigenvalue weighted by Gasteiger charge is -2.18. The van der Waals surface area contributed by atoms with Crippen molar-refractivity contribution in [2.75, 3.05) is 30.5 Å². The Morgan fingerprint density at radius 1 is 1.33 bits per heavy atom. The van der Waals surface area contributed by atoms with Gasteiger partial charge in [-0.3, -0.25) is 0 Å². The fraction of sp³-hybridized carbons (Fsp3) is 0.438. The van der Waals surface area contributed by atoms with Crippen LogP contribution in [0.25, 0.3) is 0 Å². The van der Waals surface area contributed by atoms with E-state index in [0.717, 1.165) is 23.1 Å². The highest BCUT2D eigenvalue weighted by atomic mass is 32.2. The summed E-state index contributed by atoms with van der Waals surface area (Å²) in [6.45, 7) is 0.837. The molecule has 0 fully saturated rings. The molecule has 112 valence electrons. The van der Waals surface area contributed by atoms with E-state index in [1.54, 1.807) is 11.3 Å². The van der Waals surface area contributed by atoms with Crippen LogP contribution in [0, 0.1) is 0 Å². The number of anilines is 1. The highest BCUT2D eigenvalue weighted by Crippen LogP contribution is 2.28. The van der Waals surface area contributed by atoms with E-state index in [1.165, 1.54) is 23.3 Å². The second kappa shape index (κ2) is 6.81. The number of thioether (sulfide) groups is 1. The minimum atomic E-state index is 0.429. The van der Waals surface area contributed by atoms with E-state index in [2.05, 4.69) is 44.8 Å². The highest BCUT2D eigenvalue weighted by molar-refractivity contribution is 7.99. The predicted octanol–water partition coefficient (Wildman–Crippen LogP) is 3.33. The molecule has 1 aliphatic heterocycles. The summed E-state index contributed by atoms with van der Waals surface area (Å²) in [4.78, 5) is 6.71. The van der Waals surface area contributed by atoms with Crippen LogP contribution in [-0.4, -0.2) is 30.6 Å². The third-order valence-electron chi connectivity index (χ3n) is 3.68. The molecule has 1 aromatic carbocycles. The number of hydrogen-bond acceptors (Lipinski definition) is 5. The van der Waals surface area contributed by atoms with Crippen molar-refractivity contribution in [3.8, 4) is 0 Å². The van der Waals surface area contributed by atoms with Crippen LogP contribution in [-0.2, 0) is 13.0 Å². The molecule has 2 heterocycles. The van der Waals surface area contributed by atoms with Crippen molar-refractivity contribution in [2.24, 2.45) is 0 Å². The first-order chi connectivity index (χ1) is 10.2. The van der Waals surface area contributed by atoms with Crippen molar-refractivity contribution in [1.82, 2.24) is 10.3 Å². The summed E-state index contributed by atoms with van der Waals surface area (Å²) in [6, 6.07) is 9.26. The fourth-order valence-corrected chi connectivity index (χ4v) is 4.38. The molecule has 0 spiro atoms. The quantitative estimate of drug-likeness (QED) is 0.936. The zero-order chi connectivity index (χ0) is 14.7. The van der Waals surface area contributed by atoms with Gasteiger partial charge in [-0.2, -0.15) is 11.8 Å². The van der Waals surface area contributed by atoms with Crippen molar-refractivity contribution >= 4 is 28.2 Å². The lowest BCUT2D eigenvalue weighted by molar-refractivity contribution is 0.575. The maximum absolute atomic E-state index is 4.65. The maximum atomic E-state index is 4.65. The number of rotatable bonds is 4. The Morgan fingerprint density at radius 2 is 2.19 bits per heavy atom. The van der Waals surface area contributed by atoms with Gasteiger partial charge in [-0.25, -0.2) is 4.98 Å². The van der Waals surface area contributed by atoms with Gasteiger partial charge in [0.2, 0.25) is 0 Å². The first-order valence-corrected chi connectivity index (χ1v) is 9.28. The Morgan fingerprint density at radius 3 is 3.00 bits per heavy atom. The van der Waals surface area contributed by atoms with Crippen molar-refractivity contribution in [2.45, 2.75) is 19.0 Å². The minimum absolute atomic E-state index is 0.429. The summed E-state index contributed by atoms with van der Waals surface area (Å²) in [6.07, 6.45) is 1.18. The number of aromatic nitrogens is 1. The second-order valence-corrected chi connectivity index (χ2v) is 7.46. The van der Waals surface area contributed by atoms with E-state index in [4.69, 9.17) is 0 Å². The first-order valence-electron chi connectivity index (χ1n) is 7.24. The number of fused-ring (bicyclic) bond motifs is 1. The van der Waals surface area contributed by atoms with Gasteiger partial charge in [-0.1, -0.05) is 24.3 Å². The summed E-state index contributed by atoms with van der Waals surface area (Å²) >= 11 is 3.74. The summed E-state index contributed by atoms with van der Waals surface area (Å²) in [5.74, 6) is 2.36. The van der Waals surface area contributed by atoms with E-state index in [-0.39, 0.29) is 0 Å². The lowest BCUT2D eigenvalue weighted by Crippen LogP contribution is -2.23. The normalized spacial score (nSPS) is 18.1. The number of benzene rings is 1. The van der Waals surface area contributed by atoms with E-state index in [9.17, 15) is 0 Å².